The molecule has 1 N–H and O–H groups in total. The van der Waals surface area contributed by atoms with Crippen molar-refractivity contribution < 1.29 is 14.7 Å². The molecule has 2 fully saturated rings. The lowest BCUT2D eigenvalue weighted by molar-refractivity contribution is -0.144. The standard InChI is InChI=1S/C17H24N2O3S/c1-18(10-13-6-4-8-23-13)16(20)11-19-14-7-3-2-5-12(14)9-15(19)17(21)22/h4,6,8,12,14-15H,2-3,5,7,9-11H2,1H3,(H,21,22)/t12-,14-,15+/m1/s1. The largest absolute Gasteiger partial charge is 0.480 e. The van der Waals surface area contributed by atoms with E-state index in [1.165, 1.54) is 6.42 Å². The van der Waals surface area contributed by atoms with Crippen LogP contribution < -0.4 is 0 Å². The predicted molar refractivity (Wildman–Crippen MR) is 89.3 cm³/mol. The Bertz CT molecular complexity index is 560. The number of carboxylic acid groups (broad SMARTS) is 1. The molecule has 1 saturated heterocycles. The highest BCUT2D eigenvalue weighted by atomic mass is 32.1. The highest BCUT2D eigenvalue weighted by Gasteiger charge is 2.45. The number of likely N-dealkylation sites (tertiary alicyclic amines) is 1. The molecule has 3 rings (SSSR count). The first-order valence-electron chi connectivity index (χ1n) is 8.31. The smallest absolute Gasteiger partial charge is 0.320 e. The summed E-state index contributed by atoms with van der Waals surface area (Å²) in [6, 6.07) is 3.76. The van der Waals surface area contributed by atoms with Gasteiger partial charge in [0, 0.05) is 18.0 Å². The molecule has 1 aliphatic heterocycles. The molecule has 2 aliphatic rings. The van der Waals surface area contributed by atoms with E-state index in [1.54, 1.807) is 23.3 Å². The Morgan fingerprint density at radius 2 is 2.17 bits per heavy atom. The van der Waals surface area contributed by atoms with Crippen LogP contribution in [0.2, 0.25) is 0 Å². The van der Waals surface area contributed by atoms with E-state index in [0.29, 0.717) is 18.9 Å². The number of nitrogens with zero attached hydrogens (tertiary/aromatic N) is 2. The Labute approximate surface area is 140 Å². The van der Waals surface area contributed by atoms with Crippen LogP contribution in [0, 0.1) is 5.92 Å². The van der Waals surface area contributed by atoms with Gasteiger partial charge in [0.05, 0.1) is 13.1 Å². The Morgan fingerprint density at radius 1 is 1.39 bits per heavy atom. The third kappa shape index (κ3) is 3.58. The van der Waals surface area contributed by atoms with E-state index < -0.39 is 12.0 Å². The van der Waals surface area contributed by atoms with E-state index in [2.05, 4.69) is 0 Å². The van der Waals surface area contributed by atoms with Gasteiger partial charge in [-0.05, 0) is 36.6 Å². The molecule has 6 heteroatoms. The fourth-order valence-electron chi connectivity index (χ4n) is 4.02. The summed E-state index contributed by atoms with van der Waals surface area (Å²) < 4.78 is 0. The maximum atomic E-state index is 12.6. The lowest BCUT2D eigenvalue weighted by Crippen LogP contribution is -2.47. The van der Waals surface area contributed by atoms with Gasteiger partial charge in [-0.2, -0.15) is 0 Å². The highest BCUT2D eigenvalue weighted by Crippen LogP contribution is 2.39. The summed E-state index contributed by atoms with van der Waals surface area (Å²) in [6.07, 6.45) is 5.15. The van der Waals surface area contributed by atoms with Crippen LogP contribution in [0.1, 0.15) is 37.0 Å². The monoisotopic (exact) mass is 336 g/mol. The molecule has 1 amide bonds. The summed E-state index contributed by atoms with van der Waals surface area (Å²) in [4.78, 5) is 29.0. The van der Waals surface area contributed by atoms with Crippen LogP contribution in [0.15, 0.2) is 17.5 Å². The zero-order valence-corrected chi connectivity index (χ0v) is 14.3. The second kappa shape index (κ2) is 7.01. The number of hydrogen-bond acceptors (Lipinski definition) is 4. The Kier molecular flexibility index (Phi) is 5.02. The first kappa shape index (κ1) is 16.5. The molecular formula is C17H24N2O3S. The molecule has 126 valence electrons. The minimum atomic E-state index is -0.784. The second-order valence-electron chi connectivity index (χ2n) is 6.70. The predicted octanol–water partition coefficient (Wildman–Crippen LogP) is 2.42. The fraction of sp³-hybridized carbons (Fsp3) is 0.647. The fourth-order valence-corrected chi connectivity index (χ4v) is 4.78. The number of aliphatic carboxylic acids is 1. The summed E-state index contributed by atoms with van der Waals surface area (Å²) in [5, 5.41) is 11.5. The van der Waals surface area contributed by atoms with Gasteiger partial charge in [-0.3, -0.25) is 14.5 Å². The van der Waals surface area contributed by atoms with Gasteiger partial charge < -0.3 is 10.0 Å². The average molecular weight is 336 g/mol. The Hall–Kier alpha value is -1.40. The van der Waals surface area contributed by atoms with E-state index in [4.69, 9.17) is 0 Å². The molecule has 0 aromatic carbocycles. The van der Waals surface area contributed by atoms with Crippen LogP contribution in [-0.2, 0) is 16.1 Å². The van der Waals surface area contributed by atoms with Crippen molar-refractivity contribution in [2.24, 2.45) is 5.92 Å². The van der Waals surface area contributed by atoms with Gasteiger partial charge in [-0.15, -0.1) is 11.3 Å². The van der Waals surface area contributed by atoms with Gasteiger partial charge in [0.1, 0.15) is 6.04 Å². The van der Waals surface area contributed by atoms with Crippen LogP contribution in [0.3, 0.4) is 0 Å². The number of fused-ring (bicyclic) bond motifs is 1. The quantitative estimate of drug-likeness (QED) is 0.897. The van der Waals surface area contributed by atoms with E-state index in [0.717, 1.165) is 24.1 Å². The van der Waals surface area contributed by atoms with Crippen molar-refractivity contribution in [1.82, 2.24) is 9.80 Å². The zero-order chi connectivity index (χ0) is 16.4. The molecule has 0 unspecified atom stereocenters. The number of likely N-dealkylation sites (N-methyl/N-ethyl adjacent to an activating group) is 1. The Morgan fingerprint density at radius 3 is 2.87 bits per heavy atom. The molecule has 1 aliphatic carbocycles. The number of carboxylic acids is 1. The molecule has 2 heterocycles. The van der Waals surface area contributed by atoms with Crippen molar-refractivity contribution in [3.05, 3.63) is 22.4 Å². The third-order valence-corrected chi connectivity index (χ3v) is 6.08. The minimum absolute atomic E-state index is 0.0101. The van der Waals surface area contributed by atoms with Crippen molar-refractivity contribution in [2.75, 3.05) is 13.6 Å². The van der Waals surface area contributed by atoms with Gasteiger partial charge in [-0.25, -0.2) is 0 Å². The molecular weight excluding hydrogens is 312 g/mol. The first-order valence-corrected chi connectivity index (χ1v) is 9.19. The second-order valence-corrected chi connectivity index (χ2v) is 7.74. The van der Waals surface area contributed by atoms with Crippen LogP contribution >= 0.6 is 11.3 Å². The average Bonchev–Trinajstić information content (AvgIpc) is 3.15. The van der Waals surface area contributed by atoms with Crippen molar-refractivity contribution in [3.8, 4) is 0 Å². The molecule has 1 aromatic rings. The topological polar surface area (TPSA) is 60.9 Å². The lowest BCUT2D eigenvalue weighted by Gasteiger charge is -2.33. The normalized spacial score (nSPS) is 27.6. The number of rotatable bonds is 5. The van der Waals surface area contributed by atoms with E-state index in [-0.39, 0.29) is 18.5 Å². The van der Waals surface area contributed by atoms with Crippen molar-refractivity contribution in [3.63, 3.8) is 0 Å². The summed E-state index contributed by atoms with van der Waals surface area (Å²) in [5.74, 6) is -0.329. The van der Waals surface area contributed by atoms with E-state index in [9.17, 15) is 14.7 Å². The van der Waals surface area contributed by atoms with Gasteiger partial charge in [0.2, 0.25) is 5.91 Å². The maximum absolute atomic E-state index is 12.6. The minimum Gasteiger partial charge on any atom is -0.480 e. The van der Waals surface area contributed by atoms with Gasteiger partial charge in [0.15, 0.2) is 0 Å². The summed E-state index contributed by atoms with van der Waals surface area (Å²) in [7, 11) is 1.80. The number of thiophene rings is 1. The van der Waals surface area contributed by atoms with Crippen LogP contribution in [0.4, 0.5) is 0 Å². The molecule has 1 aromatic heterocycles. The van der Waals surface area contributed by atoms with Gasteiger partial charge >= 0.3 is 5.97 Å². The summed E-state index contributed by atoms with van der Waals surface area (Å²) in [6.45, 7) is 0.816. The molecule has 5 nitrogen and oxygen atoms in total. The third-order valence-electron chi connectivity index (χ3n) is 5.22. The SMILES string of the molecule is CN(Cc1cccs1)C(=O)CN1[C@@H]2CCCC[C@@H]2C[C@H]1C(=O)O. The molecule has 0 bridgehead atoms. The van der Waals surface area contributed by atoms with Crippen molar-refractivity contribution in [2.45, 2.75) is 50.7 Å². The maximum Gasteiger partial charge on any atom is 0.320 e. The molecule has 0 spiro atoms. The number of amides is 1. The highest BCUT2D eigenvalue weighted by molar-refractivity contribution is 7.09. The number of carbonyl (C=O) groups excluding carboxylic acids is 1. The van der Waals surface area contributed by atoms with Crippen molar-refractivity contribution in [1.29, 1.82) is 0 Å². The number of hydrogen-bond donors (Lipinski definition) is 1. The van der Waals surface area contributed by atoms with Gasteiger partial charge in [-0.1, -0.05) is 18.9 Å². The van der Waals surface area contributed by atoms with E-state index >= 15 is 0 Å². The first-order chi connectivity index (χ1) is 11.1. The van der Waals surface area contributed by atoms with Crippen LogP contribution in [0.25, 0.3) is 0 Å². The number of carbonyl (C=O) groups is 2. The van der Waals surface area contributed by atoms with Gasteiger partial charge in [0.25, 0.3) is 0 Å². The molecule has 23 heavy (non-hydrogen) atoms. The molecule has 1 saturated carbocycles. The Balaban J connectivity index is 1.66. The van der Waals surface area contributed by atoms with Crippen molar-refractivity contribution >= 4 is 23.2 Å². The summed E-state index contributed by atoms with van der Waals surface area (Å²) >= 11 is 1.63. The molecule has 3 atom stereocenters. The lowest BCUT2D eigenvalue weighted by atomic mass is 9.85. The van der Waals surface area contributed by atoms with Crippen LogP contribution in [-0.4, -0.2) is 52.5 Å². The summed E-state index contributed by atoms with van der Waals surface area (Å²) in [5.41, 5.74) is 0. The van der Waals surface area contributed by atoms with Crippen LogP contribution in [0.5, 0.6) is 0 Å². The van der Waals surface area contributed by atoms with E-state index in [1.807, 2.05) is 22.4 Å². The zero-order valence-electron chi connectivity index (χ0n) is 13.5. The molecule has 0 radical (unpaired) electrons.